The molecule has 2 radical (unpaired) electrons. The van der Waals surface area contributed by atoms with E-state index in [0.29, 0.717) is 11.6 Å². The fourth-order valence-corrected chi connectivity index (χ4v) is 3.11. The summed E-state index contributed by atoms with van der Waals surface area (Å²) >= 11 is 11.7. The second-order valence-electron chi connectivity index (χ2n) is 5.45. The predicted octanol–water partition coefficient (Wildman–Crippen LogP) is 4.22. The third-order valence-electron chi connectivity index (χ3n) is 3.13. The summed E-state index contributed by atoms with van der Waals surface area (Å²) in [6.45, 7) is 10.3. The van der Waals surface area contributed by atoms with Crippen LogP contribution in [0.5, 0.6) is 0 Å². The van der Waals surface area contributed by atoms with Crippen molar-refractivity contribution in [1.82, 2.24) is 0 Å². The second kappa shape index (κ2) is 10.4. The van der Waals surface area contributed by atoms with Gasteiger partial charge in [0.15, 0.2) is 6.10 Å². The molecule has 1 aromatic rings. The van der Waals surface area contributed by atoms with E-state index in [4.69, 9.17) is 32.7 Å². The number of benzene rings is 1. The summed E-state index contributed by atoms with van der Waals surface area (Å²) < 4.78 is 10.5. The summed E-state index contributed by atoms with van der Waals surface area (Å²) in [5.74, 6) is -1.13. The molecule has 0 fully saturated rings. The largest absolute Gasteiger partial charge is 0.455 e. The van der Waals surface area contributed by atoms with Crippen molar-refractivity contribution in [3.8, 4) is 0 Å². The van der Waals surface area contributed by atoms with Crippen LogP contribution in [-0.4, -0.2) is 32.0 Å². The minimum atomic E-state index is -0.798. The van der Waals surface area contributed by atoms with Crippen LogP contribution in [0.15, 0.2) is 54.6 Å². The van der Waals surface area contributed by atoms with E-state index in [1.165, 1.54) is 0 Å². The van der Waals surface area contributed by atoms with Gasteiger partial charge in [-0.1, -0.05) is 43.5 Å². The minimum absolute atomic E-state index is 0.101. The Balaban J connectivity index is 3.15. The molecular weight excluding hydrogens is 379 g/mol. The Morgan fingerprint density at radius 2 is 1.56 bits per heavy atom. The molecule has 1 rings (SSSR count). The summed E-state index contributed by atoms with van der Waals surface area (Å²) in [6, 6.07) is 9.39. The van der Waals surface area contributed by atoms with Crippen molar-refractivity contribution in [2.45, 2.75) is 36.6 Å². The molecule has 0 aromatic heterocycles. The molecule has 0 aliphatic heterocycles. The minimum Gasteiger partial charge on any atom is -0.455 e. The Morgan fingerprint density at radius 1 is 1.04 bits per heavy atom. The molecular formula is C18H20Cl2O4Si. The zero-order valence-corrected chi connectivity index (χ0v) is 16.6. The van der Waals surface area contributed by atoms with Crippen molar-refractivity contribution >= 4 is 44.7 Å². The van der Waals surface area contributed by atoms with Crippen LogP contribution >= 0.6 is 23.2 Å². The molecule has 0 aliphatic carbocycles. The fraction of sp³-hybridized carbons (Fsp3) is 0.333. The molecule has 0 saturated heterocycles. The molecule has 4 nitrogen and oxygen atoms in total. The van der Waals surface area contributed by atoms with Gasteiger partial charge in [-0.15, -0.1) is 23.2 Å². The summed E-state index contributed by atoms with van der Waals surface area (Å²) in [7, 11) is 0.101. The zero-order chi connectivity index (χ0) is 19.0. The summed E-state index contributed by atoms with van der Waals surface area (Å²) in [4.78, 5) is 24.1. The number of carbonyl (C=O) groups excluding carboxylic acids is 2. The molecule has 2 unspecified atom stereocenters. The topological polar surface area (TPSA) is 52.6 Å². The van der Waals surface area contributed by atoms with Gasteiger partial charge < -0.3 is 9.47 Å². The van der Waals surface area contributed by atoms with E-state index < -0.39 is 28.6 Å². The second-order valence-corrected chi connectivity index (χ2v) is 8.67. The summed E-state index contributed by atoms with van der Waals surface area (Å²) in [5.41, 5.74) is 1.20. The monoisotopic (exact) mass is 398 g/mol. The van der Waals surface area contributed by atoms with Crippen molar-refractivity contribution in [2.24, 2.45) is 0 Å². The highest BCUT2D eigenvalue weighted by molar-refractivity contribution is 6.68. The van der Waals surface area contributed by atoms with Gasteiger partial charge in [-0.25, -0.2) is 9.59 Å². The molecule has 0 N–H and O–H groups in total. The molecule has 0 bridgehead atoms. The normalized spacial score (nSPS) is 13.0. The van der Waals surface area contributed by atoms with Crippen LogP contribution in [0.3, 0.4) is 0 Å². The van der Waals surface area contributed by atoms with Crippen molar-refractivity contribution in [3.63, 3.8) is 0 Å². The van der Waals surface area contributed by atoms with Crippen LogP contribution in [0.4, 0.5) is 0 Å². The highest BCUT2D eigenvalue weighted by atomic mass is 35.5. The van der Waals surface area contributed by atoms with E-state index in [-0.39, 0.29) is 20.7 Å². The molecule has 0 heterocycles. The first kappa shape index (κ1) is 21.5. The Kier molecular flexibility index (Phi) is 8.96. The van der Waals surface area contributed by atoms with Gasteiger partial charge in [-0.05, 0) is 25.5 Å². The first-order chi connectivity index (χ1) is 11.7. The Bertz CT molecular complexity index is 631. The smallest absolute Gasteiger partial charge is 0.333 e. The third kappa shape index (κ3) is 7.46. The Labute approximate surface area is 160 Å². The van der Waals surface area contributed by atoms with Gasteiger partial charge in [0.1, 0.15) is 6.10 Å². The van der Waals surface area contributed by atoms with Crippen LogP contribution in [0, 0.1) is 0 Å². The molecule has 7 heteroatoms. The number of esters is 2. The third-order valence-corrected chi connectivity index (χ3v) is 5.00. The number of halogens is 2. The lowest BCUT2D eigenvalue weighted by Gasteiger charge is -2.27. The van der Waals surface area contributed by atoms with E-state index in [0.717, 1.165) is 0 Å². The van der Waals surface area contributed by atoms with E-state index in [1.54, 1.807) is 26.0 Å². The van der Waals surface area contributed by atoms with Crippen molar-refractivity contribution < 1.29 is 19.1 Å². The number of alkyl halides is 2. The van der Waals surface area contributed by atoms with Crippen LogP contribution in [0.1, 0.15) is 25.5 Å². The highest BCUT2D eigenvalue weighted by Gasteiger charge is 2.31. The van der Waals surface area contributed by atoms with Crippen LogP contribution < -0.4 is 0 Å². The average Bonchev–Trinajstić information content (AvgIpc) is 2.56. The molecule has 0 spiro atoms. The maximum atomic E-state index is 12.1. The van der Waals surface area contributed by atoms with E-state index in [1.807, 2.05) is 18.2 Å². The first-order valence-corrected chi connectivity index (χ1v) is 9.67. The first-order valence-electron chi connectivity index (χ1n) is 7.51. The van der Waals surface area contributed by atoms with Crippen LogP contribution in [0.25, 0.3) is 0 Å². The van der Waals surface area contributed by atoms with E-state index in [2.05, 4.69) is 13.2 Å². The van der Waals surface area contributed by atoms with Gasteiger partial charge in [-0.2, -0.15) is 0 Å². The highest BCUT2D eigenvalue weighted by Crippen LogP contribution is 2.28. The molecule has 134 valence electrons. The number of carbonyl (C=O) groups is 2. The number of ether oxygens (including phenoxy) is 2. The van der Waals surface area contributed by atoms with Gasteiger partial charge >= 0.3 is 11.9 Å². The number of rotatable bonds is 9. The van der Waals surface area contributed by atoms with Crippen molar-refractivity contribution in [2.75, 3.05) is 0 Å². The average molecular weight is 399 g/mol. The van der Waals surface area contributed by atoms with E-state index in [9.17, 15) is 9.59 Å². The standard InChI is InChI=1S/C18H20Cl2O4Si/c1-11(2)16(21)23-14(10-25-18(19)20)15(24-17(22)12(3)4)13-8-6-5-7-9-13/h5-9,14-15,18H,1,3,10H2,2,4H3. The van der Waals surface area contributed by atoms with Gasteiger partial charge in [0, 0.05) is 11.1 Å². The summed E-state index contributed by atoms with van der Waals surface area (Å²) in [5, 5.41) is 0. The van der Waals surface area contributed by atoms with E-state index >= 15 is 0 Å². The van der Waals surface area contributed by atoms with Crippen molar-refractivity contribution in [1.29, 1.82) is 0 Å². The van der Waals surface area contributed by atoms with Crippen molar-refractivity contribution in [3.05, 3.63) is 60.2 Å². The molecule has 0 aliphatic rings. The number of hydrogen-bond acceptors (Lipinski definition) is 4. The summed E-state index contributed by atoms with van der Waals surface area (Å²) in [6.07, 6.45) is -1.54. The van der Waals surface area contributed by atoms with Crippen LogP contribution in [-0.2, 0) is 19.1 Å². The fourth-order valence-electron chi connectivity index (χ4n) is 1.87. The molecule has 1 aromatic carbocycles. The quantitative estimate of drug-likeness (QED) is 0.270. The molecule has 25 heavy (non-hydrogen) atoms. The van der Waals surface area contributed by atoms with Gasteiger partial charge in [0.2, 0.25) is 0 Å². The molecule has 0 saturated carbocycles. The van der Waals surface area contributed by atoms with Gasteiger partial charge in [-0.3, -0.25) is 0 Å². The number of hydrogen-bond donors (Lipinski definition) is 0. The zero-order valence-electron chi connectivity index (χ0n) is 14.1. The molecule has 0 amide bonds. The lowest BCUT2D eigenvalue weighted by atomic mass is 10.0. The maximum Gasteiger partial charge on any atom is 0.333 e. The lowest BCUT2D eigenvalue weighted by molar-refractivity contribution is -0.162. The van der Waals surface area contributed by atoms with Gasteiger partial charge in [0.25, 0.3) is 0 Å². The maximum absolute atomic E-state index is 12.1. The Morgan fingerprint density at radius 3 is 2.04 bits per heavy atom. The lowest BCUT2D eigenvalue weighted by Crippen LogP contribution is -2.31. The molecule has 2 atom stereocenters. The predicted molar refractivity (Wildman–Crippen MR) is 101 cm³/mol. The Hall–Kier alpha value is -1.56. The van der Waals surface area contributed by atoms with Crippen LogP contribution in [0.2, 0.25) is 6.04 Å². The SMILES string of the molecule is C=C(C)C(=O)OC(C[Si]C(Cl)Cl)C(OC(=O)C(=C)C)c1ccccc1. The van der Waals surface area contributed by atoms with Gasteiger partial charge in [0.05, 0.1) is 14.0 Å².